The molecule has 0 unspecified atom stereocenters. The minimum atomic E-state index is -1.17. The Morgan fingerprint density at radius 3 is 1.55 bits per heavy atom. The van der Waals surface area contributed by atoms with Crippen molar-refractivity contribution in [2.75, 3.05) is 42.3 Å². The second-order valence-electron chi connectivity index (χ2n) is 6.30. The molecule has 4 N–H and O–H groups in total. The zero-order chi connectivity index (χ0) is 17.1. The van der Waals surface area contributed by atoms with E-state index in [0.29, 0.717) is 9.18 Å². The number of carboxylic acid groups (broad SMARTS) is 1. The molecule has 7 heteroatoms. The van der Waals surface area contributed by atoms with Gasteiger partial charge in [0.2, 0.25) is 0 Å². The Morgan fingerprint density at radius 1 is 0.955 bits per heavy atom. The van der Waals surface area contributed by atoms with Crippen molar-refractivity contribution in [1.29, 1.82) is 0 Å². The Balaban J connectivity index is -0.000000279. The van der Waals surface area contributed by atoms with Crippen molar-refractivity contribution in [1.82, 2.24) is 0 Å². The predicted molar refractivity (Wildman–Crippen MR) is 84.9 cm³/mol. The molecule has 0 saturated heterocycles. The largest absolute Gasteiger partial charge is 1.00 e. The maximum atomic E-state index is 9.97. The number of carboxylic acids is 1. The quantitative estimate of drug-likeness (QED) is 0.255. The van der Waals surface area contributed by atoms with Gasteiger partial charge in [-0.2, -0.15) is 11.7 Å². The van der Waals surface area contributed by atoms with Gasteiger partial charge in [0.25, 0.3) is 0 Å². The summed E-state index contributed by atoms with van der Waals surface area (Å²) in [5.74, 6) is 9.41. The fraction of sp³-hybridized carbons (Fsp3) is 0.400. The SMILES string of the molecule is C[N+](C)(C)N.C[N+](C)(C)N.O=C([O-])C=Cc1ccccc1.[Cl-]. The zero-order valence-corrected chi connectivity index (χ0v) is 15.0. The number of carbonyl (C=O) groups is 1. The fourth-order valence-electron chi connectivity index (χ4n) is 0.728. The van der Waals surface area contributed by atoms with Gasteiger partial charge in [0, 0.05) is 0 Å². The van der Waals surface area contributed by atoms with Crippen LogP contribution in [0.1, 0.15) is 5.56 Å². The third-order valence-electron chi connectivity index (χ3n) is 1.21. The lowest BCUT2D eigenvalue weighted by Crippen LogP contribution is -3.00. The number of hydrogen-bond acceptors (Lipinski definition) is 4. The first-order valence-electron chi connectivity index (χ1n) is 6.43. The summed E-state index contributed by atoms with van der Waals surface area (Å²) in [5.41, 5.74) is 0.858. The van der Waals surface area contributed by atoms with E-state index in [4.69, 9.17) is 11.7 Å². The fourth-order valence-corrected chi connectivity index (χ4v) is 0.728. The second kappa shape index (κ2) is 12.1. The van der Waals surface area contributed by atoms with Crippen LogP contribution in [0.25, 0.3) is 6.08 Å². The van der Waals surface area contributed by atoms with Gasteiger partial charge in [0.05, 0.1) is 48.3 Å². The number of nitrogens with two attached hydrogens (primary N) is 2. The number of quaternary nitrogens is 2. The number of nitrogens with zero attached hydrogens (tertiary/aromatic N) is 2. The first kappa shape index (κ1) is 25.5. The van der Waals surface area contributed by atoms with Crippen LogP contribution in [0.2, 0.25) is 0 Å². The third kappa shape index (κ3) is 42.8. The first-order valence-corrected chi connectivity index (χ1v) is 6.43. The number of aliphatic carboxylic acids is 1. The summed E-state index contributed by atoms with van der Waals surface area (Å²) < 4.78 is 1.00. The molecule has 0 saturated carbocycles. The van der Waals surface area contributed by atoms with Gasteiger partial charge < -0.3 is 22.3 Å². The maximum absolute atomic E-state index is 9.97. The van der Waals surface area contributed by atoms with E-state index >= 15 is 0 Å². The van der Waals surface area contributed by atoms with E-state index in [-0.39, 0.29) is 12.4 Å². The average molecular weight is 333 g/mol. The van der Waals surface area contributed by atoms with Crippen LogP contribution in [0.15, 0.2) is 36.4 Å². The molecular formula is C15H29ClN4O2. The molecule has 1 aromatic carbocycles. The third-order valence-corrected chi connectivity index (χ3v) is 1.21. The molecule has 0 radical (unpaired) electrons. The summed E-state index contributed by atoms with van der Waals surface area (Å²) >= 11 is 0. The van der Waals surface area contributed by atoms with E-state index < -0.39 is 5.97 Å². The van der Waals surface area contributed by atoms with Gasteiger partial charge in [0.15, 0.2) is 0 Å². The molecule has 0 aromatic heterocycles. The molecule has 0 amide bonds. The van der Waals surface area contributed by atoms with Crippen LogP contribution in [0.3, 0.4) is 0 Å². The van der Waals surface area contributed by atoms with E-state index in [9.17, 15) is 9.90 Å². The summed E-state index contributed by atoms with van der Waals surface area (Å²) in [6, 6.07) is 9.19. The van der Waals surface area contributed by atoms with Crippen molar-refractivity contribution in [3.05, 3.63) is 42.0 Å². The second-order valence-corrected chi connectivity index (χ2v) is 6.30. The summed E-state index contributed by atoms with van der Waals surface area (Å²) in [5, 5.41) is 9.97. The Morgan fingerprint density at radius 2 is 1.27 bits per heavy atom. The van der Waals surface area contributed by atoms with E-state index in [2.05, 4.69) is 0 Å². The van der Waals surface area contributed by atoms with Crippen molar-refractivity contribution >= 4 is 12.0 Å². The smallest absolute Gasteiger partial charge is 0.0851 e. The number of halogens is 1. The van der Waals surface area contributed by atoms with Gasteiger partial charge in [-0.25, -0.2) is 0 Å². The molecule has 0 aliphatic rings. The Bertz CT molecular complexity index is 399. The van der Waals surface area contributed by atoms with Crippen molar-refractivity contribution in [2.24, 2.45) is 11.7 Å². The molecule has 0 spiro atoms. The van der Waals surface area contributed by atoms with E-state index in [1.165, 1.54) is 6.08 Å². The summed E-state index contributed by atoms with van der Waals surface area (Å²) in [6.45, 7) is 0. The van der Waals surface area contributed by atoms with Gasteiger partial charge in [-0.15, -0.1) is 0 Å². The van der Waals surface area contributed by atoms with E-state index in [1.54, 1.807) is 0 Å². The van der Waals surface area contributed by atoms with Gasteiger partial charge in [-0.05, 0) is 11.6 Å². The number of benzene rings is 1. The predicted octanol–water partition coefficient (Wildman–Crippen LogP) is -3.41. The molecule has 0 heterocycles. The lowest BCUT2D eigenvalue weighted by atomic mass is 10.2. The molecule has 0 fully saturated rings. The molecule has 6 nitrogen and oxygen atoms in total. The topological polar surface area (TPSA) is 92.2 Å². The van der Waals surface area contributed by atoms with Gasteiger partial charge in [-0.3, -0.25) is 9.18 Å². The van der Waals surface area contributed by atoms with Crippen LogP contribution < -0.4 is 29.2 Å². The summed E-state index contributed by atoms with van der Waals surface area (Å²) in [6.07, 6.45) is 2.50. The van der Waals surface area contributed by atoms with Crippen molar-refractivity contribution in [3.63, 3.8) is 0 Å². The monoisotopic (exact) mass is 332 g/mol. The molecular weight excluding hydrogens is 304 g/mol. The molecule has 128 valence electrons. The van der Waals surface area contributed by atoms with Gasteiger partial charge >= 0.3 is 0 Å². The minimum Gasteiger partial charge on any atom is -1.00 e. The maximum Gasteiger partial charge on any atom is 0.0851 e. The highest BCUT2D eigenvalue weighted by molar-refractivity contribution is 5.83. The van der Waals surface area contributed by atoms with Gasteiger partial charge in [0.1, 0.15) is 0 Å². The van der Waals surface area contributed by atoms with Crippen molar-refractivity contribution in [2.45, 2.75) is 0 Å². The molecule has 1 rings (SSSR count). The van der Waals surface area contributed by atoms with E-state index in [1.807, 2.05) is 72.6 Å². The van der Waals surface area contributed by atoms with Crippen LogP contribution in [0.5, 0.6) is 0 Å². The Kier molecular flexibility index (Phi) is 14.1. The number of rotatable bonds is 2. The normalized spacial score (nSPS) is 10.5. The Hall–Kier alpha value is -1.44. The number of hydrogen-bond donors (Lipinski definition) is 2. The summed E-state index contributed by atoms with van der Waals surface area (Å²) in [4.78, 5) is 9.97. The van der Waals surface area contributed by atoms with Crippen molar-refractivity contribution < 1.29 is 31.5 Å². The molecule has 1 aromatic rings. The van der Waals surface area contributed by atoms with Crippen molar-refractivity contribution in [3.8, 4) is 0 Å². The minimum absolute atomic E-state index is 0. The van der Waals surface area contributed by atoms with Crippen LogP contribution in [-0.2, 0) is 4.79 Å². The molecule has 0 bridgehead atoms. The Labute approximate surface area is 140 Å². The summed E-state index contributed by atoms with van der Waals surface area (Å²) in [7, 11) is 11.4. The lowest BCUT2D eigenvalue weighted by molar-refractivity contribution is -0.882. The highest BCUT2D eigenvalue weighted by atomic mass is 35.5. The first-order chi connectivity index (χ1) is 9.29. The van der Waals surface area contributed by atoms with Crippen LogP contribution in [0, 0.1) is 0 Å². The highest BCUT2D eigenvalue weighted by Crippen LogP contribution is 1.99. The molecule has 22 heavy (non-hydrogen) atoms. The average Bonchev–Trinajstić information content (AvgIpc) is 2.23. The molecule has 0 atom stereocenters. The van der Waals surface area contributed by atoms with Crippen LogP contribution in [-0.4, -0.2) is 57.4 Å². The molecule has 0 aliphatic carbocycles. The highest BCUT2D eigenvalue weighted by Gasteiger charge is 1.90. The molecule has 0 aliphatic heterocycles. The van der Waals surface area contributed by atoms with Crippen LogP contribution in [0.4, 0.5) is 0 Å². The number of carbonyl (C=O) groups excluding carboxylic acids is 1. The zero-order valence-electron chi connectivity index (χ0n) is 14.3. The standard InChI is InChI=1S/C9H8O2.2C3H11N2.ClH/c10-9(11)7-6-8-4-2-1-3-5-8;2*1-5(2,3)4;/h1-7H,(H,10,11);2*4H2,1-3H3;1H/q;2*+1;/p-2. The lowest BCUT2D eigenvalue weighted by Gasteiger charge is -2.13. The van der Waals surface area contributed by atoms with Gasteiger partial charge in [-0.1, -0.05) is 36.4 Å². The van der Waals surface area contributed by atoms with Crippen LogP contribution >= 0.6 is 0 Å². The van der Waals surface area contributed by atoms with E-state index in [0.717, 1.165) is 11.6 Å².